The van der Waals surface area contributed by atoms with Gasteiger partial charge in [0.25, 0.3) is 0 Å². The summed E-state index contributed by atoms with van der Waals surface area (Å²) in [6.07, 6.45) is 1.65. The van der Waals surface area contributed by atoms with Crippen LogP contribution in [0, 0.1) is 5.92 Å². The average Bonchev–Trinajstić information content (AvgIpc) is 2.72. The fourth-order valence-corrected chi connectivity index (χ4v) is 3.50. The van der Waals surface area contributed by atoms with Crippen LogP contribution in [0.1, 0.15) is 19.4 Å². The zero-order valence-electron chi connectivity index (χ0n) is 16.4. The first-order valence-electron chi connectivity index (χ1n) is 9.33. The number of nitrogens with one attached hydrogen (secondary N) is 1. The molecule has 0 aliphatic heterocycles. The second-order valence-electron chi connectivity index (χ2n) is 6.92. The molecule has 6 nitrogen and oxygen atoms in total. The molecule has 7 heteroatoms. The van der Waals surface area contributed by atoms with Gasteiger partial charge in [0.2, 0.25) is 15.9 Å². The molecule has 0 saturated heterocycles. The van der Waals surface area contributed by atoms with Gasteiger partial charge in [0, 0.05) is 18.8 Å². The Morgan fingerprint density at radius 3 is 2.45 bits per heavy atom. The number of hydrogen-bond donors (Lipinski definition) is 1. The minimum Gasteiger partial charge on any atom is -0.493 e. The van der Waals surface area contributed by atoms with Gasteiger partial charge >= 0.3 is 0 Å². The van der Waals surface area contributed by atoms with E-state index in [4.69, 9.17) is 9.47 Å². The smallest absolute Gasteiger partial charge is 0.240 e. The van der Waals surface area contributed by atoms with Crippen LogP contribution in [0.25, 0.3) is 0 Å². The number of rotatable bonds is 9. The summed E-state index contributed by atoms with van der Waals surface area (Å²) in [6.45, 7) is 4.84. The first-order chi connectivity index (χ1) is 13.9. The van der Waals surface area contributed by atoms with Crippen LogP contribution < -0.4 is 14.2 Å². The Bertz CT molecular complexity index is 1020. The highest BCUT2D eigenvalue weighted by Crippen LogP contribution is 2.21. The maximum absolute atomic E-state index is 12.6. The molecule has 0 bridgehead atoms. The van der Waals surface area contributed by atoms with Gasteiger partial charge in [-0.2, -0.15) is 0 Å². The molecule has 0 amide bonds. The Balaban J connectivity index is 1.62. The Morgan fingerprint density at radius 2 is 1.76 bits per heavy atom. The molecule has 0 radical (unpaired) electrons. The van der Waals surface area contributed by atoms with E-state index in [1.54, 1.807) is 54.7 Å². The molecule has 0 aliphatic carbocycles. The molecule has 3 rings (SSSR count). The zero-order valence-corrected chi connectivity index (χ0v) is 17.2. The summed E-state index contributed by atoms with van der Waals surface area (Å²) < 4.78 is 39.0. The Kier molecular flexibility index (Phi) is 6.85. The number of ether oxygens (including phenoxy) is 2. The quantitative estimate of drug-likeness (QED) is 0.564. The van der Waals surface area contributed by atoms with Crippen molar-refractivity contribution in [2.24, 2.45) is 5.92 Å². The van der Waals surface area contributed by atoms with Crippen molar-refractivity contribution in [3.8, 4) is 17.4 Å². The standard InChI is InChI=1S/C22H24N2O4S/c1-17(2)16-27-19-9-11-21(12-10-19)29(25,26)24-15-18-6-5-7-20(14-18)28-22-8-3-4-13-23-22/h3-14,17,24H,15-16H2,1-2H3. The van der Waals surface area contributed by atoms with E-state index in [0.29, 0.717) is 29.9 Å². The SMILES string of the molecule is CC(C)COc1ccc(S(=O)(=O)NCc2cccc(Oc3ccccn3)c2)cc1. The lowest BCUT2D eigenvalue weighted by atomic mass is 10.2. The molecule has 29 heavy (non-hydrogen) atoms. The molecule has 2 aromatic carbocycles. The van der Waals surface area contributed by atoms with Crippen molar-refractivity contribution in [2.45, 2.75) is 25.3 Å². The third-order valence-electron chi connectivity index (χ3n) is 3.94. The monoisotopic (exact) mass is 412 g/mol. The molecule has 1 N–H and O–H groups in total. The van der Waals surface area contributed by atoms with Gasteiger partial charge in [0.1, 0.15) is 11.5 Å². The Hall–Kier alpha value is -2.90. The highest BCUT2D eigenvalue weighted by atomic mass is 32.2. The summed E-state index contributed by atoms with van der Waals surface area (Å²) in [5, 5.41) is 0. The van der Waals surface area contributed by atoms with E-state index in [1.165, 1.54) is 0 Å². The summed E-state index contributed by atoms with van der Waals surface area (Å²) in [5.74, 6) is 2.12. The van der Waals surface area contributed by atoms with Gasteiger partial charge in [0.05, 0.1) is 11.5 Å². The largest absolute Gasteiger partial charge is 0.493 e. The summed E-state index contributed by atoms with van der Waals surface area (Å²) in [7, 11) is -3.64. The van der Waals surface area contributed by atoms with Gasteiger partial charge in [-0.3, -0.25) is 0 Å². The van der Waals surface area contributed by atoms with Crippen LogP contribution in [0.5, 0.6) is 17.4 Å². The number of nitrogens with zero attached hydrogens (tertiary/aromatic N) is 1. The van der Waals surface area contributed by atoms with Crippen LogP contribution in [0.15, 0.2) is 77.8 Å². The van der Waals surface area contributed by atoms with Crippen LogP contribution in [0.2, 0.25) is 0 Å². The van der Waals surface area contributed by atoms with E-state index in [9.17, 15) is 8.42 Å². The van der Waals surface area contributed by atoms with E-state index in [1.807, 2.05) is 18.2 Å². The first-order valence-corrected chi connectivity index (χ1v) is 10.8. The Morgan fingerprint density at radius 1 is 0.966 bits per heavy atom. The molecular formula is C22H24N2O4S. The summed E-state index contributed by atoms with van der Waals surface area (Å²) in [4.78, 5) is 4.30. The van der Waals surface area contributed by atoms with E-state index in [0.717, 1.165) is 5.56 Å². The normalized spacial score (nSPS) is 11.4. The molecule has 3 aromatic rings. The van der Waals surface area contributed by atoms with E-state index in [2.05, 4.69) is 23.6 Å². The van der Waals surface area contributed by atoms with Crippen molar-refractivity contribution in [2.75, 3.05) is 6.61 Å². The molecule has 0 atom stereocenters. The lowest BCUT2D eigenvalue weighted by Crippen LogP contribution is -2.23. The maximum Gasteiger partial charge on any atom is 0.240 e. The van der Waals surface area contributed by atoms with E-state index >= 15 is 0 Å². The number of sulfonamides is 1. The molecule has 152 valence electrons. The van der Waals surface area contributed by atoms with Gasteiger partial charge in [-0.05, 0) is 53.9 Å². The third-order valence-corrected chi connectivity index (χ3v) is 5.36. The van der Waals surface area contributed by atoms with Crippen molar-refractivity contribution in [1.82, 2.24) is 9.71 Å². The fourth-order valence-electron chi connectivity index (χ4n) is 2.49. The molecule has 0 spiro atoms. The van der Waals surface area contributed by atoms with E-state index < -0.39 is 10.0 Å². The number of pyridine rings is 1. The van der Waals surface area contributed by atoms with Gasteiger partial charge in [-0.25, -0.2) is 18.1 Å². The van der Waals surface area contributed by atoms with Crippen LogP contribution in [0.4, 0.5) is 0 Å². The van der Waals surface area contributed by atoms with Crippen molar-refractivity contribution in [3.05, 3.63) is 78.5 Å². The van der Waals surface area contributed by atoms with Crippen molar-refractivity contribution < 1.29 is 17.9 Å². The van der Waals surface area contributed by atoms with Crippen LogP contribution in [-0.4, -0.2) is 20.0 Å². The lowest BCUT2D eigenvalue weighted by Gasteiger charge is -2.11. The minimum atomic E-state index is -3.64. The molecule has 0 fully saturated rings. The lowest BCUT2D eigenvalue weighted by molar-refractivity contribution is 0.271. The second kappa shape index (κ2) is 9.54. The van der Waals surface area contributed by atoms with E-state index in [-0.39, 0.29) is 11.4 Å². The molecule has 0 saturated carbocycles. The summed E-state index contributed by atoms with van der Waals surface area (Å²) in [5.41, 5.74) is 0.777. The van der Waals surface area contributed by atoms with Crippen molar-refractivity contribution >= 4 is 10.0 Å². The van der Waals surface area contributed by atoms with Gasteiger partial charge < -0.3 is 9.47 Å². The van der Waals surface area contributed by atoms with Crippen LogP contribution in [-0.2, 0) is 16.6 Å². The number of benzene rings is 2. The van der Waals surface area contributed by atoms with Crippen molar-refractivity contribution in [1.29, 1.82) is 0 Å². The number of aromatic nitrogens is 1. The molecule has 0 unspecified atom stereocenters. The third kappa shape index (κ3) is 6.30. The van der Waals surface area contributed by atoms with Crippen LogP contribution in [0.3, 0.4) is 0 Å². The van der Waals surface area contributed by atoms with Gasteiger partial charge in [0.15, 0.2) is 0 Å². The Labute approximate surface area is 171 Å². The fraction of sp³-hybridized carbons (Fsp3) is 0.227. The van der Waals surface area contributed by atoms with Gasteiger partial charge in [-0.1, -0.05) is 32.0 Å². The van der Waals surface area contributed by atoms with Gasteiger partial charge in [-0.15, -0.1) is 0 Å². The maximum atomic E-state index is 12.6. The first kappa shape index (κ1) is 20.8. The average molecular weight is 413 g/mol. The predicted molar refractivity (Wildman–Crippen MR) is 112 cm³/mol. The predicted octanol–water partition coefficient (Wildman–Crippen LogP) is 4.39. The van der Waals surface area contributed by atoms with Crippen molar-refractivity contribution in [3.63, 3.8) is 0 Å². The summed E-state index contributed by atoms with van der Waals surface area (Å²) >= 11 is 0. The topological polar surface area (TPSA) is 77.5 Å². The highest BCUT2D eigenvalue weighted by molar-refractivity contribution is 7.89. The number of hydrogen-bond acceptors (Lipinski definition) is 5. The highest BCUT2D eigenvalue weighted by Gasteiger charge is 2.14. The second-order valence-corrected chi connectivity index (χ2v) is 8.69. The molecular weight excluding hydrogens is 388 g/mol. The molecule has 0 aliphatic rings. The minimum absolute atomic E-state index is 0.146. The zero-order chi connectivity index (χ0) is 20.7. The van der Waals surface area contributed by atoms with Crippen LogP contribution >= 0.6 is 0 Å². The molecule has 1 aromatic heterocycles. The molecule has 1 heterocycles. The summed E-state index contributed by atoms with van der Waals surface area (Å²) in [6, 6.07) is 19.0.